The highest BCUT2D eigenvalue weighted by Gasteiger charge is 2.04. The highest BCUT2D eigenvalue weighted by atomic mass is 16.1. The molecule has 3 N–H and O–H groups in total. The fourth-order valence-corrected chi connectivity index (χ4v) is 1.59. The van der Waals surface area contributed by atoms with E-state index in [1.54, 1.807) is 7.05 Å². The van der Waals surface area contributed by atoms with E-state index in [0.29, 0.717) is 11.9 Å². The molecule has 0 bridgehead atoms. The summed E-state index contributed by atoms with van der Waals surface area (Å²) in [5.41, 5.74) is 0.794. The van der Waals surface area contributed by atoms with Crippen molar-refractivity contribution in [2.75, 3.05) is 25.5 Å². The topological polar surface area (TPSA) is 65.5 Å². The number of amides is 1. The maximum Gasteiger partial charge on any atom is 0.243 e. The van der Waals surface area contributed by atoms with E-state index in [2.05, 4.69) is 34.8 Å². The van der Waals surface area contributed by atoms with Crippen molar-refractivity contribution in [1.82, 2.24) is 10.6 Å². The summed E-state index contributed by atoms with van der Waals surface area (Å²) in [5.74, 6) is 1.19. The number of para-hydroxylation sites is 1. The zero-order valence-electron chi connectivity index (χ0n) is 12.4. The highest BCUT2D eigenvalue weighted by molar-refractivity contribution is 5.94. The molecule has 0 aliphatic rings. The smallest absolute Gasteiger partial charge is 0.243 e. The van der Waals surface area contributed by atoms with Gasteiger partial charge in [-0.15, -0.1) is 0 Å². The summed E-state index contributed by atoms with van der Waals surface area (Å²) in [6, 6.07) is 9.39. The molecule has 5 nitrogen and oxygen atoms in total. The van der Waals surface area contributed by atoms with Gasteiger partial charge in [-0.2, -0.15) is 0 Å². The molecule has 0 saturated heterocycles. The van der Waals surface area contributed by atoms with Crippen molar-refractivity contribution in [2.45, 2.75) is 20.3 Å². The second-order valence-electron chi connectivity index (χ2n) is 4.95. The second-order valence-corrected chi connectivity index (χ2v) is 4.95. The molecule has 0 aromatic heterocycles. The highest BCUT2D eigenvalue weighted by Crippen LogP contribution is 2.03. The largest absolute Gasteiger partial charge is 0.356 e. The van der Waals surface area contributed by atoms with Gasteiger partial charge in [-0.25, -0.2) is 0 Å². The minimum atomic E-state index is -0.0944. The van der Waals surface area contributed by atoms with Crippen LogP contribution in [0.4, 0.5) is 5.69 Å². The Hall–Kier alpha value is -2.04. The Morgan fingerprint density at radius 3 is 2.50 bits per heavy atom. The maximum absolute atomic E-state index is 11.8. The number of carbonyl (C=O) groups excluding carboxylic acids is 1. The summed E-state index contributed by atoms with van der Waals surface area (Å²) in [6.07, 6.45) is 1.07. The summed E-state index contributed by atoms with van der Waals surface area (Å²) < 4.78 is 0. The summed E-state index contributed by atoms with van der Waals surface area (Å²) in [4.78, 5) is 15.8. The predicted molar refractivity (Wildman–Crippen MR) is 83.9 cm³/mol. The molecule has 0 atom stereocenters. The minimum Gasteiger partial charge on any atom is -0.356 e. The zero-order valence-corrected chi connectivity index (χ0v) is 12.4. The summed E-state index contributed by atoms with van der Waals surface area (Å²) in [7, 11) is 1.69. The van der Waals surface area contributed by atoms with E-state index >= 15 is 0 Å². The molecule has 0 spiro atoms. The van der Waals surface area contributed by atoms with Gasteiger partial charge >= 0.3 is 0 Å². The van der Waals surface area contributed by atoms with Crippen molar-refractivity contribution in [3.05, 3.63) is 30.3 Å². The zero-order chi connectivity index (χ0) is 14.8. The number of hydrogen-bond acceptors (Lipinski definition) is 2. The van der Waals surface area contributed by atoms with E-state index in [-0.39, 0.29) is 12.5 Å². The lowest BCUT2D eigenvalue weighted by Gasteiger charge is -2.12. The summed E-state index contributed by atoms with van der Waals surface area (Å²) in [5, 5.41) is 8.98. The second kappa shape index (κ2) is 8.96. The first kappa shape index (κ1) is 16.0. The van der Waals surface area contributed by atoms with Crippen LogP contribution in [0, 0.1) is 5.92 Å². The van der Waals surface area contributed by atoms with Crippen molar-refractivity contribution in [1.29, 1.82) is 0 Å². The van der Waals surface area contributed by atoms with Gasteiger partial charge in [-0.05, 0) is 24.5 Å². The quantitative estimate of drug-likeness (QED) is 0.548. The van der Waals surface area contributed by atoms with Crippen LogP contribution in [-0.4, -0.2) is 32.0 Å². The maximum atomic E-state index is 11.8. The average Bonchev–Trinajstić information content (AvgIpc) is 2.43. The number of nitrogens with zero attached hydrogens (tertiary/aromatic N) is 1. The molecule has 1 aromatic rings. The first-order valence-electron chi connectivity index (χ1n) is 6.91. The predicted octanol–water partition coefficient (Wildman–Crippen LogP) is 1.84. The molecule has 0 fully saturated rings. The summed E-state index contributed by atoms with van der Waals surface area (Å²) >= 11 is 0. The Morgan fingerprint density at radius 2 is 1.90 bits per heavy atom. The third kappa shape index (κ3) is 6.78. The van der Waals surface area contributed by atoms with Gasteiger partial charge in [-0.1, -0.05) is 32.0 Å². The lowest BCUT2D eigenvalue weighted by molar-refractivity contribution is -0.115. The Morgan fingerprint density at radius 1 is 1.20 bits per heavy atom. The molecule has 5 heteroatoms. The van der Waals surface area contributed by atoms with E-state index in [9.17, 15) is 4.79 Å². The normalized spacial score (nSPS) is 11.3. The Labute approximate surface area is 120 Å². The Bertz CT molecular complexity index is 429. The number of hydrogen-bond donors (Lipinski definition) is 3. The number of rotatable bonds is 6. The van der Waals surface area contributed by atoms with Gasteiger partial charge in [0.25, 0.3) is 0 Å². The van der Waals surface area contributed by atoms with Crippen molar-refractivity contribution >= 4 is 17.6 Å². The van der Waals surface area contributed by atoms with Crippen LogP contribution < -0.4 is 16.0 Å². The van der Waals surface area contributed by atoms with Gasteiger partial charge in [0.05, 0.1) is 6.54 Å². The molecule has 0 saturated carbocycles. The van der Waals surface area contributed by atoms with Gasteiger partial charge in [-0.3, -0.25) is 9.79 Å². The van der Waals surface area contributed by atoms with Gasteiger partial charge in [0.15, 0.2) is 5.96 Å². The minimum absolute atomic E-state index is 0.0944. The molecule has 0 radical (unpaired) electrons. The van der Waals surface area contributed by atoms with Gasteiger partial charge in [0.2, 0.25) is 5.91 Å². The first-order valence-corrected chi connectivity index (χ1v) is 6.91. The molecular weight excluding hydrogens is 252 g/mol. The van der Waals surface area contributed by atoms with Crippen LogP contribution in [-0.2, 0) is 4.79 Å². The molecule has 20 heavy (non-hydrogen) atoms. The molecule has 1 rings (SSSR count). The molecule has 0 aliphatic carbocycles. The van der Waals surface area contributed by atoms with Crippen LogP contribution in [0.25, 0.3) is 0 Å². The van der Waals surface area contributed by atoms with Crippen LogP contribution >= 0.6 is 0 Å². The molecule has 1 aromatic carbocycles. The standard InChI is InChI=1S/C15H24N4O/c1-12(2)9-10-17-15(16-3)18-11-14(20)19-13-7-5-4-6-8-13/h4-8,12H,9-11H2,1-3H3,(H,19,20)(H2,16,17,18). The van der Waals surface area contributed by atoms with Crippen molar-refractivity contribution in [3.8, 4) is 0 Å². The molecule has 1 amide bonds. The van der Waals surface area contributed by atoms with Gasteiger partial charge < -0.3 is 16.0 Å². The van der Waals surface area contributed by atoms with Gasteiger partial charge in [0, 0.05) is 19.3 Å². The van der Waals surface area contributed by atoms with Crippen LogP contribution in [0.1, 0.15) is 20.3 Å². The number of benzene rings is 1. The van der Waals surface area contributed by atoms with E-state index in [0.717, 1.165) is 18.7 Å². The van der Waals surface area contributed by atoms with E-state index in [4.69, 9.17) is 0 Å². The molecule has 0 heterocycles. The van der Waals surface area contributed by atoms with Crippen LogP contribution in [0.2, 0.25) is 0 Å². The lowest BCUT2D eigenvalue weighted by atomic mass is 10.1. The van der Waals surface area contributed by atoms with Gasteiger partial charge in [0.1, 0.15) is 0 Å². The van der Waals surface area contributed by atoms with Crippen molar-refractivity contribution < 1.29 is 4.79 Å². The van der Waals surface area contributed by atoms with Crippen LogP contribution in [0.5, 0.6) is 0 Å². The van der Waals surface area contributed by atoms with Crippen molar-refractivity contribution in [3.63, 3.8) is 0 Å². The number of aliphatic imine (C=N–C) groups is 1. The number of guanidine groups is 1. The SMILES string of the molecule is CN=C(NCCC(C)C)NCC(=O)Nc1ccccc1. The van der Waals surface area contributed by atoms with E-state index in [1.165, 1.54) is 0 Å². The van der Waals surface area contributed by atoms with E-state index < -0.39 is 0 Å². The third-order valence-corrected chi connectivity index (χ3v) is 2.71. The molecular formula is C15H24N4O. The summed E-state index contributed by atoms with van der Waals surface area (Å²) in [6.45, 7) is 5.38. The third-order valence-electron chi connectivity index (χ3n) is 2.71. The lowest BCUT2D eigenvalue weighted by Crippen LogP contribution is -2.41. The average molecular weight is 276 g/mol. The van der Waals surface area contributed by atoms with E-state index in [1.807, 2.05) is 30.3 Å². The fraction of sp³-hybridized carbons (Fsp3) is 0.467. The molecule has 110 valence electrons. The number of nitrogens with one attached hydrogen (secondary N) is 3. The Balaban J connectivity index is 2.28. The van der Waals surface area contributed by atoms with Crippen LogP contribution in [0.15, 0.2) is 35.3 Å². The number of carbonyl (C=O) groups is 1. The Kier molecular flexibility index (Phi) is 7.17. The molecule has 0 aliphatic heterocycles. The van der Waals surface area contributed by atoms with Crippen molar-refractivity contribution in [2.24, 2.45) is 10.9 Å². The van der Waals surface area contributed by atoms with Crippen LogP contribution in [0.3, 0.4) is 0 Å². The monoisotopic (exact) mass is 276 g/mol. The first-order chi connectivity index (χ1) is 9.61. The number of anilines is 1. The molecule has 0 unspecified atom stereocenters. The fourth-order valence-electron chi connectivity index (χ4n) is 1.59.